The number of carboxylic acid groups (broad SMARTS) is 1. The predicted molar refractivity (Wildman–Crippen MR) is 141 cm³/mol. The Morgan fingerprint density at radius 2 is 1.95 bits per heavy atom. The highest BCUT2D eigenvalue weighted by Gasteiger charge is 2.36. The van der Waals surface area contributed by atoms with Crippen LogP contribution in [0.5, 0.6) is 5.75 Å². The van der Waals surface area contributed by atoms with Crippen LogP contribution < -0.4 is 10.1 Å². The number of anilines is 1. The number of benzene rings is 1. The number of morpholine rings is 1. The summed E-state index contributed by atoms with van der Waals surface area (Å²) in [7, 11) is 1.49. The molecule has 3 rings (SSSR count). The lowest BCUT2D eigenvalue weighted by atomic mass is 9.92. The summed E-state index contributed by atoms with van der Waals surface area (Å²) in [5.74, 6) is -2.48. The molecule has 0 spiro atoms. The highest BCUT2D eigenvalue weighted by molar-refractivity contribution is 6.76. The molecule has 0 aliphatic carbocycles. The van der Waals surface area contributed by atoms with Crippen LogP contribution in [0.15, 0.2) is 11.6 Å². The summed E-state index contributed by atoms with van der Waals surface area (Å²) in [6.07, 6.45) is 2.96. The number of aliphatic carboxylic acids is 1. The number of nitrogens with one attached hydrogen (secondary N) is 1. The molecule has 1 atom stereocenters. The van der Waals surface area contributed by atoms with Crippen molar-refractivity contribution in [3.8, 4) is 5.75 Å². The molecule has 1 amide bonds. The molecule has 0 radical (unpaired) electrons. The van der Waals surface area contributed by atoms with Gasteiger partial charge in [-0.3, -0.25) is 14.5 Å². The molecule has 2 heterocycles. The Morgan fingerprint density at radius 3 is 2.54 bits per heavy atom. The highest BCUT2D eigenvalue weighted by atomic mass is 35.6. The average Bonchev–Trinajstić information content (AvgIpc) is 3.23. The molecular weight excluding hydrogens is 547 g/mol. The number of hydrogen-bond acceptors (Lipinski definition) is 7. The second-order valence-corrected chi connectivity index (χ2v) is 11.4. The van der Waals surface area contributed by atoms with E-state index >= 15 is 0 Å². The van der Waals surface area contributed by atoms with E-state index in [0.29, 0.717) is 55.0 Å². The Bertz CT molecular complexity index is 1080. The zero-order valence-electron chi connectivity index (χ0n) is 21.0. The summed E-state index contributed by atoms with van der Waals surface area (Å²) in [6, 6.07) is 0. The highest BCUT2D eigenvalue weighted by Crippen LogP contribution is 2.42. The van der Waals surface area contributed by atoms with E-state index in [1.165, 1.54) is 7.11 Å². The molecule has 2 aliphatic rings. The SMILES string of the molecule is COc1c(C)c2c(c(NC(=O)C(Cl)(Cl)Cl)c1C/C=C(\C)CC(CCN1CCOCC1)C(=O)O)C(=O)OC2. The number of fused-ring (bicyclic) bond motifs is 1. The lowest BCUT2D eigenvalue weighted by Crippen LogP contribution is -2.38. The van der Waals surface area contributed by atoms with Crippen molar-refractivity contribution in [3.63, 3.8) is 0 Å². The molecule has 1 saturated heterocycles. The van der Waals surface area contributed by atoms with Gasteiger partial charge in [0.2, 0.25) is 0 Å². The standard InChI is InChI=1S/C25H31Cl3N2O7/c1-14(12-16(22(31)32)6-7-30-8-10-36-11-9-30)4-5-17-20(29-24(34)25(26,27)28)19-18(13-37-23(19)33)15(2)21(17)35-3/h4,16H,5-13H2,1-3H3,(H,29,34)(H,31,32)/b14-4+. The molecule has 2 aliphatic heterocycles. The zero-order chi connectivity index (χ0) is 27.3. The van der Waals surface area contributed by atoms with Gasteiger partial charge < -0.3 is 24.6 Å². The van der Waals surface area contributed by atoms with Gasteiger partial charge in [-0.1, -0.05) is 46.5 Å². The molecule has 2 N–H and O–H groups in total. The van der Waals surface area contributed by atoms with E-state index in [2.05, 4.69) is 10.2 Å². The summed E-state index contributed by atoms with van der Waals surface area (Å²) in [4.78, 5) is 39.3. The van der Waals surface area contributed by atoms with Crippen molar-refractivity contribution in [2.24, 2.45) is 5.92 Å². The van der Waals surface area contributed by atoms with Crippen molar-refractivity contribution in [1.29, 1.82) is 0 Å². The number of methoxy groups -OCH3 is 1. The molecule has 1 aromatic carbocycles. The van der Waals surface area contributed by atoms with Crippen molar-refractivity contribution in [3.05, 3.63) is 33.9 Å². The molecule has 9 nitrogen and oxygen atoms in total. The molecule has 37 heavy (non-hydrogen) atoms. The summed E-state index contributed by atoms with van der Waals surface area (Å²) in [5.41, 5.74) is 2.97. The number of carbonyl (C=O) groups is 3. The van der Waals surface area contributed by atoms with Crippen molar-refractivity contribution in [2.75, 3.05) is 45.3 Å². The zero-order valence-corrected chi connectivity index (χ0v) is 23.3. The molecule has 1 aromatic rings. The number of rotatable bonds is 10. The van der Waals surface area contributed by atoms with E-state index in [4.69, 9.17) is 49.0 Å². The van der Waals surface area contributed by atoms with Crippen LogP contribution in [0, 0.1) is 12.8 Å². The minimum atomic E-state index is -2.26. The number of hydrogen-bond donors (Lipinski definition) is 2. The van der Waals surface area contributed by atoms with Crippen molar-refractivity contribution in [2.45, 2.75) is 43.5 Å². The Hall–Kier alpha value is -2.04. The van der Waals surface area contributed by atoms with Crippen LogP contribution in [0.25, 0.3) is 0 Å². The summed E-state index contributed by atoms with van der Waals surface area (Å²) in [5, 5.41) is 12.4. The first-order valence-electron chi connectivity index (χ1n) is 11.9. The van der Waals surface area contributed by atoms with Gasteiger partial charge in [-0.15, -0.1) is 0 Å². The fourth-order valence-corrected chi connectivity index (χ4v) is 4.74. The molecule has 12 heteroatoms. The Kier molecular flexibility index (Phi) is 10.1. The van der Waals surface area contributed by atoms with Gasteiger partial charge in [0.1, 0.15) is 12.4 Å². The van der Waals surface area contributed by atoms with Gasteiger partial charge in [-0.2, -0.15) is 0 Å². The predicted octanol–water partition coefficient (Wildman–Crippen LogP) is 4.28. The van der Waals surface area contributed by atoms with Gasteiger partial charge in [-0.25, -0.2) is 4.79 Å². The van der Waals surface area contributed by atoms with E-state index in [0.717, 1.165) is 18.7 Å². The van der Waals surface area contributed by atoms with E-state index in [1.54, 1.807) is 6.92 Å². The minimum Gasteiger partial charge on any atom is -0.496 e. The maximum atomic E-state index is 12.6. The maximum Gasteiger partial charge on any atom is 0.341 e. The first-order valence-corrected chi connectivity index (χ1v) is 13.0. The first kappa shape index (κ1) is 29.5. The Labute approximate surface area is 231 Å². The number of nitrogens with zero attached hydrogens (tertiary/aromatic N) is 1. The number of carboxylic acids is 1. The fourth-order valence-electron chi connectivity index (χ4n) is 4.60. The number of ether oxygens (including phenoxy) is 3. The van der Waals surface area contributed by atoms with Crippen LogP contribution in [0.4, 0.5) is 5.69 Å². The lowest BCUT2D eigenvalue weighted by Gasteiger charge is -2.27. The quantitative estimate of drug-likeness (QED) is 0.241. The van der Waals surface area contributed by atoms with Crippen LogP contribution in [0.3, 0.4) is 0 Å². The Morgan fingerprint density at radius 1 is 1.27 bits per heavy atom. The van der Waals surface area contributed by atoms with E-state index < -0.39 is 27.6 Å². The molecule has 1 fully saturated rings. The normalized spacial score (nSPS) is 17.2. The van der Waals surface area contributed by atoms with Crippen molar-refractivity contribution in [1.82, 2.24) is 4.90 Å². The van der Waals surface area contributed by atoms with Gasteiger partial charge in [0.25, 0.3) is 9.70 Å². The third-order valence-corrected chi connectivity index (χ3v) is 7.16. The number of alkyl halides is 3. The maximum absolute atomic E-state index is 12.6. The number of esters is 1. The van der Waals surface area contributed by atoms with Crippen molar-refractivity contribution >= 4 is 58.3 Å². The van der Waals surface area contributed by atoms with Gasteiger partial charge in [0, 0.05) is 24.2 Å². The number of cyclic esters (lactones) is 1. The third kappa shape index (κ3) is 7.29. The number of carbonyl (C=O) groups excluding carboxylic acids is 2. The molecule has 0 saturated carbocycles. The summed E-state index contributed by atoms with van der Waals surface area (Å²) >= 11 is 17.3. The first-order chi connectivity index (χ1) is 17.4. The molecule has 204 valence electrons. The summed E-state index contributed by atoms with van der Waals surface area (Å²) in [6.45, 7) is 7.27. The molecular formula is C25H31Cl3N2O7. The molecule has 0 aromatic heterocycles. The number of allylic oxidation sites excluding steroid dienone is 2. The van der Waals surface area contributed by atoms with Crippen LogP contribution in [-0.2, 0) is 32.1 Å². The molecule has 0 bridgehead atoms. The van der Waals surface area contributed by atoms with Gasteiger partial charge in [-0.05, 0) is 45.2 Å². The minimum absolute atomic E-state index is 0.0333. The third-order valence-electron chi connectivity index (χ3n) is 6.64. The second-order valence-electron chi connectivity index (χ2n) is 9.13. The second kappa shape index (κ2) is 12.7. The van der Waals surface area contributed by atoms with Gasteiger partial charge in [0.15, 0.2) is 0 Å². The van der Waals surface area contributed by atoms with Crippen LogP contribution in [0.2, 0.25) is 0 Å². The van der Waals surface area contributed by atoms with Crippen LogP contribution in [0.1, 0.15) is 46.8 Å². The number of halogens is 3. The summed E-state index contributed by atoms with van der Waals surface area (Å²) < 4.78 is 14.0. The monoisotopic (exact) mass is 576 g/mol. The Balaban J connectivity index is 1.87. The topological polar surface area (TPSA) is 114 Å². The fraction of sp³-hybridized carbons (Fsp3) is 0.560. The van der Waals surface area contributed by atoms with Gasteiger partial charge >= 0.3 is 11.9 Å². The van der Waals surface area contributed by atoms with Crippen LogP contribution in [-0.4, -0.2) is 71.6 Å². The number of amides is 1. The van der Waals surface area contributed by atoms with Crippen molar-refractivity contribution < 1.29 is 33.7 Å². The van der Waals surface area contributed by atoms with Crippen LogP contribution >= 0.6 is 34.8 Å². The lowest BCUT2D eigenvalue weighted by molar-refractivity contribution is -0.142. The largest absolute Gasteiger partial charge is 0.496 e. The average molecular weight is 578 g/mol. The molecule has 1 unspecified atom stereocenters. The van der Waals surface area contributed by atoms with E-state index in [1.807, 2.05) is 13.0 Å². The van der Waals surface area contributed by atoms with E-state index in [-0.39, 0.29) is 24.3 Å². The van der Waals surface area contributed by atoms with E-state index in [9.17, 15) is 19.5 Å². The van der Waals surface area contributed by atoms with Gasteiger partial charge in [0.05, 0.1) is 37.5 Å². The smallest absolute Gasteiger partial charge is 0.341 e.